The van der Waals surface area contributed by atoms with Gasteiger partial charge in [0.2, 0.25) is 5.82 Å². The molecule has 0 radical (unpaired) electrons. The van der Waals surface area contributed by atoms with Crippen LogP contribution in [-0.2, 0) is 26.1 Å². The average molecular weight is 539 g/mol. The molecule has 1 fully saturated rings. The summed E-state index contributed by atoms with van der Waals surface area (Å²) in [6, 6.07) is 16.3. The summed E-state index contributed by atoms with van der Waals surface area (Å²) >= 11 is 0. The Kier molecular flexibility index (Phi) is 6.48. The van der Waals surface area contributed by atoms with Gasteiger partial charge in [-0.3, -0.25) is 13.9 Å². The standard InChI is InChI=1S/C30H34N8O2/c1-5-36-28(39)25-27(38(29(36)40)18-19-10-11-19)31-24(16-30(2,3)4)37(25)17-20-12-14-21(15-13-20)22-8-6-7-9-23(22)26-32-34-35-33-26/h6-9,12-15,19H,5,10-11,16-18H2,1-4H3,(H,32,33,34,35). The number of nitrogens with zero attached hydrogens (tertiary/aromatic N) is 7. The lowest BCUT2D eigenvalue weighted by Crippen LogP contribution is -2.40. The van der Waals surface area contributed by atoms with Crippen LogP contribution < -0.4 is 11.2 Å². The lowest BCUT2D eigenvalue weighted by molar-refractivity contribution is 0.394. The summed E-state index contributed by atoms with van der Waals surface area (Å²) in [5.41, 5.74) is 4.41. The van der Waals surface area contributed by atoms with Crippen molar-refractivity contribution in [3.05, 3.63) is 80.8 Å². The zero-order chi connectivity index (χ0) is 28.0. The number of nitrogens with one attached hydrogen (secondary N) is 1. The van der Waals surface area contributed by atoms with Crippen LogP contribution in [0, 0.1) is 11.3 Å². The third kappa shape index (κ3) is 4.89. The van der Waals surface area contributed by atoms with Gasteiger partial charge in [0.1, 0.15) is 5.82 Å². The van der Waals surface area contributed by atoms with Crippen molar-refractivity contribution in [3.63, 3.8) is 0 Å². The largest absolute Gasteiger partial charge is 0.332 e. The van der Waals surface area contributed by atoms with E-state index in [-0.39, 0.29) is 16.7 Å². The van der Waals surface area contributed by atoms with Crippen molar-refractivity contribution in [1.29, 1.82) is 0 Å². The summed E-state index contributed by atoms with van der Waals surface area (Å²) < 4.78 is 5.11. The molecule has 1 saturated carbocycles. The molecule has 0 amide bonds. The summed E-state index contributed by atoms with van der Waals surface area (Å²) in [6.45, 7) is 9.74. The van der Waals surface area contributed by atoms with Crippen molar-refractivity contribution in [3.8, 4) is 22.5 Å². The van der Waals surface area contributed by atoms with Gasteiger partial charge in [0.15, 0.2) is 11.2 Å². The van der Waals surface area contributed by atoms with Gasteiger partial charge in [0, 0.05) is 31.6 Å². The van der Waals surface area contributed by atoms with Crippen LogP contribution in [0.4, 0.5) is 0 Å². The summed E-state index contributed by atoms with van der Waals surface area (Å²) in [5, 5.41) is 14.5. The van der Waals surface area contributed by atoms with E-state index in [1.165, 1.54) is 4.57 Å². The topological polar surface area (TPSA) is 116 Å². The molecule has 0 saturated heterocycles. The fourth-order valence-corrected chi connectivity index (χ4v) is 5.30. The molecular formula is C30H34N8O2. The van der Waals surface area contributed by atoms with E-state index >= 15 is 0 Å². The number of H-pyrrole nitrogens is 1. The molecular weight excluding hydrogens is 504 g/mol. The van der Waals surface area contributed by atoms with Gasteiger partial charge in [0.05, 0.1) is 0 Å². The van der Waals surface area contributed by atoms with Crippen LogP contribution in [0.25, 0.3) is 33.7 Å². The van der Waals surface area contributed by atoms with Gasteiger partial charge >= 0.3 is 5.69 Å². The first-order valence-corrected chi connectivity index (χ1v) is 13.9. The SMILES string of the molecule is CCn1c(=O)c2c(nc(CC(C)(C)C)n2Cc2ccc(-c3ccccc3-c3nn[nH]n3)cc2)n(CC2CC2)c1=O. The van der Waals surface area contributed by atoms with Crippen molar-refractivity contribution < 1.29 is 0 Å². The van der Waals surface area contributed by atoms with E-state index in [1.54, 1.807) is 4.57 Å². The number of imidazole rings is 1. The Balaban J connectivity index is 1.44. The van der Waals surface area contributed by atoms with Gasteiger partial charge in [0.25, 0.3) is 5.56 Å². The van der Waals surface area contributed by atoms with Crippen LogP contribution in [0.15, 0.2) is 58.1 Å². The minimum absolute atomic E-state index is 0.0484. The number of aromatic amines is 1. The highest BCUT2D eigenvalue weighted by Crippen LogP contribution is 2.32. The van der Waals surface area contributed by atoms with Gasteiger partial charge in [-0.1, -0.05) is 69.3 Å². The van der Waals surface area contributed by atoms with E-state index in [2.05, 4.69) is 65.7 Å². The van der Waals surface area contributed by atoms with Gasteiger partial charge in [-0.2, -0.15) is 5.21 Å². The molecule has 3 heterocycles. The summed E-state index contributed by atoms with van der Waals surface area (Å²) in [7, 11) is 0. The Morgan fingerprint density at radius 2 is 1.68 bits per heavy atom. The smallest absolute Gasteiger partial charge is 0.318 e. The maximum atomic E-state index is 13.7. The fraction of sp³-hybridized carbons (Fsp3) is 0.400. The van der Waals surface area contributed by atoms with Crippen molar-refractivity contribution in [2.24, 2.45) is 11.3 Å². The quantitative estimate of drug-likeness (QED) is 0.315. The molecule has 10 heteroatoms. The van der Waals surface area contributed by atoms with Crippen LogP contribution in [0.3, 0.4) is 0 Å². The number of aromatic nitrogens is 8. The molecule has 40 heavy (non-hydrogen) atoms. The zero-order valence-corrected chi connectivity index (χ0v) is 23.4. The van der Waals surface area contributed by atoms with Crippen LogP contribution in [0.1, 0.15) is 51.9 Å². The molecule has 0 bridgehead atoms. The first kappa shape index (κ1) is 25.9. The minimum Gasteiger partial charge on any atom is -0.318 e. The van der Waals surface area contributed by atoms with E-state index in [1.807, 2.05) is 35.8 Å². The van der Waals surface area contributed by atoms with E-state index < -0.39 is 0 Å². The summed E-state index contributed by atoms with van der Waals surface area (Å²) in [6.07, 6.45) is 2.90. The van der Waals surface area contributed by atoms with Gasteiger partial charge in [-0.05, 0) is 53.0 Å². The molecule has 0 unspecified atom stereocenters. The zero-order valence-electron chi connectivity index (χ0n) is 23.4. The van der Waals surface area contributed by atoms with Gasteiger partial charge < -0.3 is 4.57 Å². The molecule has 0 atom stereocenters. The molecule has 206 valence electrons. The highest BCUT2D eigenvalue weighted by Gasteiger charge is 2.28. The molecule has 3 aromatic heterocycles. The number of rotatable bonds is 8. The molecule has 1 N–H and O–H groups in total. The summed E-state index contributed by atoms with van der Waals surface area (Å²) in [4.78, 5) is 32.0. The van der Waals surface area contributed by atoms with E-state index in [4.69, 9.17) is 4.98 Å². The Hall–Kier alpha value is -4.34. The Labute approximate surface area is 231 Å². The molecule has 0 aliphatic heterocycles. The Bertz CT molecular complexity index is 1780. The van der Waals surface area contributed by atoms with Crippen molar-refractivity contribution in [2.75, 3.05) is 0 Å². The number of tetrazole rings is 1. The third-order valence-electron chi connectivity index (χ3n) is 7.45. The maximum absolute atomic E-state index is 13.7. The first-order valence-electron chi connectivity index (χ1n) is 13.9. The van der Waals surface area contributed by atoms with E-state index in [0.717, 1.165) is 40.9 Å². The second-order valence-electron chi connectivity index (χ2n) is 11.9. The first-order chi connectivity index (χ1) is 19.2. The second-order valence-corrected chi connectivity index (χ2v) is 11.9. The van der Waals surface area contributed by atoms with Crippen LogP contribution in [0.5, 0.6) is 0 Å². The van der Waals surface area contributed by atoms with Crippen LogP contribution in [0.2, 0.25) is 0 Å². The highest BCUT2D eigenvalue weighted by atomic mass is 16.2. The monoisotopic (exact) mass is 538 g/mol. The lowest BCUT2D eigenvalue weighted by atomic mass is 9.92. The van der Waals surface area contributed by atoms with Gasteiger partial charge in [-0.15, -0.1) is 10.2 Å². The van der Waals surface area contributed by atoms with Crippen molar-refractivity contribution in [1.82, 2.24) is 39.3 Å². The van der Waals surface area contributed by atoms with Crippen LogP contribution >= 0.6 is 0 Å². The highest BCUT2D eigenvalue weighted by molar-refractivity contribution is 5.80. The average Bonchev–Trinajstić information content (AvgIpc) is 3.45. The normalized spacial score (nSPS) is 13.8. The number of hydrogen-bond acceptors (Lipinski definition) is 6. The Morgan fingerprint density at radius 1 is 0.950 bits per heavy atom. The number of benzene rings is 2. The molecule has 10 nitrogen and oxygen atoms in total. The number of hydrogen-bond donors (Lipinski definition) is 1. The van der Waals surface area contributed by atoms with E-state index in [9.17, 15) is 9.59 Å². The fourth-order valence-electron chi connectivity index (χ4n) is 5.30. The van der Waals surface area contributed by atoms with Gasteiger partial charge in [-0.25, -0.2) is 9.78 Å². The molecule has 0 spiro atoms. The molecule has 2 aromatic carbocycles. The summed E-state index contributed by atoms with van der Waals surface area (Å²) in [5.74, 6) is 1.84. The van der Waals surface area contributed by atoms with Crippen LogP contribution in [-0.4, -0.2) is 39.3 Å². The molecule has 1 aliphatic carbocycles. The molecule has 5 aromatic rings. The van der Waals surface area contributed by atoms with Crippen molar-refractivity contribution in [2.45, 2.75) is 66.6 Å². The minimum atomic E-state index is -0.270. The van der Waals surface area contributed by atoms with Crippen molar-refractivity contribution >= 4 is 11.2 Å². The third-order valence-corrected chi connectivity index (χ3v) is 7.45. The second kappa shape index (κ2) is 10.0. The lowest BCUT2D eigenvalue weighted by Gasteiger charge is -2.19. The maximum Gasteiger partial charge on any atom is 0.332 e. The Morgan fingerprint density at radius 3 is 2.30 bits per heavy atom. The van der Waals surface area contributed by atoms with E-state index in [0.29, 0.717) is 49.0 Å². The molecule has 6 rings (SSSR count). The predicted octanol–water partition coefficient (Wildman–Crippen LogP) is 4.27. The molecule has 1 aliphatic rings. The number of fused-ring (bicyclic) bond motifs is 1. The predicted molar refractivity (Wildman–Crippen MR) is 154 cm³/mol.